The molecular formula is C26H40N2O4S. The van der Waals surface area contributed by atoms with Crippen molar-refractivity contribution < 1.29 is 19.8 Å². The van der Waals surface area contributed by atoms with Crippen LogP contribution < -0.4 is 5.32 Å². The lowest BCUT2D eigenvalue weighted by molar-refractivity contribution is -0.143. The number of hydrogen-bond acceptors (Lipinski definition) is 6. The fraction of sp³-hybridized carbons (Fsp3) is 0.654. The van der Waals surface area contributed by atoms with E-state index in [1.165, 1.54) is 0 Å². The molecule has 0 saturated heterocycles. The van der Waals surface area contributed by atoms with Crippen LogP contribution in [0.3, 0.4) is 0 Å². The molecule has 184 valence electrons. The largest absolute Gasteiger partial charge is 0.392 e. The molecule has 0 radical (unpaired) electrons. The average molecular weight is 477 g/mol. The van der Waals surface area contributed by atoms with Crippen molar-refractivity contribution in [3.05, 3.63) is 33.8 Å². The Hall–Kier alpha value is -1.83. The van der Waals surface area contributed by atoms with Gasteiger partial charge in [-0.3, -0.25) is 9.59 Å². The van der Waals surface area contributed by atoms with Crippen LogP contribution in [0.4, 0.5) is 0 Å². The summed E-state index contributed by atoms with van der Waals surface area (Å²) in [6.07, 6.45) is 7.29. The van der Waals surface area contributed by atoms with E-state index in [4.69, 9.17) is 0 Å². The van der Waals surface area contributed by atoms with E-state index < -0.39 is 23.5 Å². The van der Waals surface area contributed by atoms with Crippen LogP contribution in [0.25, 0.3) is 6.08 Å². The van der Waals surface area contributed by atoms with Crippen molar-refractivity contribution in [2.45, 2.75) is 91.9 Å². The second-order valence-electron chi connectivity index (χ2n) is 10.0. The molecule has 1 aromatic rings. The van der Waals surface area contributed by atoms with E-state index in [1.54, 1.807) is 32.1 Å². The summed E-state index contributed by atoms with van der Waals surface area (Å²) in [6, 6.07) is -0.227. The molecule has 2 rings (SSSR count). The second kappa shape index (κ2) is 12.0. The normalized spacial score (nSPS) is 30.8. The van der Waals surface area contributed by atoms with E-state index >= 15 is 0 Å². The van der Waals surface area contributed by atoms with E-state index in [0.29, 0.717) is 6.42 Å². The van der Waals surface area contributed by atoms with Gasteiger partial charge in [0.1, 0.15) is 5.78 Å². The summed E-state index contributed by atoms with van der Waals surface area (Å²) < 4.78 is 0. The van der Waals surface area contributed by atoms with E-state index in [1.807, 2.05) is 32.2 Å². The molecule has 0 aliphatic carbocycles. The number of aliphatic hydroxyl groups excluding tert-OH is 2. The van der Waals surface area contributed by atoms with Crippen LogP contribution in [-0.2, 0) is 9.59 Å². The predicted molar refractivity (Wildman–Crippen MR) is 134 cm³/mol. The molecule has 1 aliphatic rings. The standard InChI is InChI=1S/C26H40N2O4S/c1-16-11-9-7-8-10-12-21(17(2)13-20-15-33-19(4)27-20)28-23(30)14-22(29)26(5,6)25(32)18(3)24(16)31/h8,10,13,15-16,18,21-22,24,29,31H,7,9,11-12,14H2,1-6H3,(H,28,30)/t16-,18+,21?,22-,24-/m0/s1. The SMILES string of the molecule is CC(=Cc1csc(C)n1)C1CC=CCCC[C@H](C)[C@H](O)[C@@H](C)C(=O)C(C)(C)[C@@H](O)CC(=O)N1. The van der Waals surface area contributed by atoms with Gasteiger partial charge in [0.15, 0.2) is 0 Å². The minimum atomic E-state index is -1.15. The number of aryl methyl sites for hydroxylation is 1. The van der Waals surface area contributed by atoms with Crippen LogP contribution in [0.1, 0.15) is 77.4 Å². The van der Waals surface area contributed by atoms with Crippen molar-refractivity contribution in [1.29, 1.82) is 0 Å². The van der Waals surface area contributed by atoms with Crippen LogP contribution in [0.5, 0.6) is 0 Å². The molecule has 5 atom stereocenters. The molecule has 0 fully saturated rings. The van der Waals surface area contributed by atoms with Gasteiger partial charge in [-0.25, -0.2) is 4.98 Å². The Balaban J connectivity index is 2.27. The summed E-state index contributed by atoms with van der Waals surface area (Å²) in [5.74, 6) is -1.17. The highest BCUT2D eigenvalue weighted by molar-refractivity contribution is 7.09. The van der Waals surface area contributed by atoms with Crippen molar-refractivity contribution >= 4 is 29.1 Å². The lowest BCUT2D eigenvalue weighted by Crippen LogP contribution is -2.47. The van der Waals surface area contributed by atoms with Gasteiger partial charge in [0.05, 0.1) is 40.8 Å². The monoisotopic (exact) mass is 476 g/mol. The fourth-order valence-corrected chi connectivity index (χ4v) is 4.87. The number of nitrogens with zero attached hydrogens (tertiary/aromatic N) is 1. The molecular weight excluding hydrogens is 436 g/mol. The topological polar surface area (TPSA) is 99.5 Å². The van der Waals surface area contributed by atoms with E-state index in [0.717, 1.165) is 35.5 Å². The molecule has 0 bridgehead atoms. The maximum absolute atomic E-state index is 13.1. The summed E-state index contributed by atoms with van der Waals surface area (Å²) in [5, 5.41) is 27.5. The van der Waals surface area contributed by atoms with Gasteiger partial charge in [0, 0.05) is 11.3 Å². The third kappa shape index (κ3) is 7.59. The Labute approximate surface area is 202 Å². The summed E-state index contributed by atoms with van der Waals surface area (Å²) in [4.78, 5) is 30.5. The van der Waals surface area contributed by atoms with Gasteiger partial charge in [0.2, 0.25) is 5.91 Å². The van der Waals surface area contributed by atoms with Crippen LogP contribution in [0.15, 0.2) is 23.1 Å². The van der Waals surface area contributed by atoms with Gasteiger partial charge in [-0.15, -0.1) is 11.3 Å². The van der Waals surface area contributed by atoms with Crippen LogP contribution in [0, 0.1) is 24.2 Å². The first-order valence-electron chi connectivity index (χ1n) is 11.9. The van der Waals surface area contributed by atoms with Gasteiger partial charge in [-0.1, -0.05) is 39.8 Å². The lowest BCUT2D eigenvalue weighted by atomic mass is 9.73. The van der Waals surface area contributed by atoms with Crippen LogP contribution >= 0.6 is 11.3 Å². The number of hydrogen-bond donors (Lipinski definition) is 3. The van der Waals surface area contributed by atoms with E-state index in [-0.39, 0.29) is 30.1 Å². The number of rotatable bonds is 2. The first-order chi connectivity index (χ1) is 15.4. The van der Waals surface area contributed by atoms with Crippen LogP contribution in [0.2, 0.25) is 0 Å². The Morgan fingerprint density at radius 2 is 1.94 bits per heavy atom. The summed E-state index contributed by atoms with van der Waals surface area (Å²) in [5.41, 5.74) is 0.704. The summed E-state index contributed by atoms with van der Waals surface area (Å²) >= 11 is 1.58. The highest BCUT2D eigenvalue weighted by Crippen LogP contribution is 2.31. The highest BCUT2D eigenvalue weighted by atomic mass is 32.1. The zero-order valence-electron chi connectivity index (χ0n) is 20.8. The Morgan fingerprint density at radius 3 is 2.58 bits per heavy atom. The summed E-state index contributed by atoms with van der Waals surface area (Å²) in [6.45, 7) is 10.9. The number of nitrogens with one attached hydrogen (secondary N) is 1. The average Bonchev–Trinajstić information content (AvgIpc) is 3.16. The molecule has 33 heavy (non-hydrogen) atoms. The van der Waals surface area contributed by atoms with Gasteiger partial charge in [-0.05, 0) is 57.1 Å². The van der Waals surface area contributed by atoms with Crippen molar-refractivity contribution in [1.82, 2.24) is 10.3 Å². The number of thiazole rings is 1. The minimum absolute atomic E-state index is 0.0269. The first-order valence-corrected chi connectivity index (χ1v) is 12.8. The molecule has 0 aromatic carbocycles. The quantitative estimate of drug-likeness (QED) is 0.548. The number of carbonyl (C=O) groups is 2. The Morgan fingerprint density at radius 1 is 1.24 bits per heavy atom. The zero-order valence-corrected chi connectivity index (χ0v) is 21.6. The number of aliphatic hydroxyl groups is 2. The number of Topliss-reactive ketones (excluding diaryl/α,β-unsaturated/α-hetero) is 1. The maximum Gasteiger partial charge on any atom is 0.223 e. The fourth-order valence-electron chi connectivity index (χ4n) is 4.30. The lowest BCUT2D eigenvalue weighted by Gasteiger charge is -2.34. The molecule has 2 heterocycles. The first kappa shape index (κ1) is 27.4. The number of ketones is 1. The van der Waals surface area contributed by atoms with Gasteiger partial charge >= 0.3 is 0 Å². The highest BCUT2D eigenvalue weighted by Gasteiger charge is 2.42. The third-order valence-corrected chi connectivity index (χ3v) is 7.61. The van der Waals surface area contributed by atoms with Gasteiger partial charge in [0.25, 0.3) is 0 Å². The molecule has 6 nitrogen and oxygen atoms in total. The number of amides is 1. The second-order valence-corrected chi connectivity index (χ2v) is 11.1. The molecule has 1 amide bonds. The molecule has 7 heteroatoms. The Bertz CT molecular complexity index is 873. The molecule has 1 aromatic heterocycles. The molecule has 1 aliphatic heterocycles. The van der Waals surface area contributed by atoms with Gasteiger partial charge in [-0.2, -0.15) is 0 Å². The van der Waals surface area contributed by atoms with Crippen molar-refractivity contribution in [2.24, 2.45) is 17.3 Å². The smallest absolute Gasteiger partial charge is 0.223 e. The number of carbonyl (C=O) groups excluding carboxylic acids is 2. The molecule has 0 spiro atoms. The van der Waals surface area contributed by atoms with Crippen molar-refractivity contribution in [3.8, 4) is 0 Å². The van der Waals surface area contributed by atoms with Gasteiger partial charge < -0.3 is 15.5 Å². The van der Waals surface area contributed by atoms with E-state index in [9.17, 15) is 19.8 Å². The third-order valence-electron chi connectivity index (χ3n) is 6.82. The molecule has 1 unspecified atom stereocenters. The van der Waals surface area contributed by atoms with Crippen molar-refractivity contribution in [3.63, 3.8) is 0 Å². The summed E-state index contributed by atoms with van der Waals surface area (Å²) in [7, 11) is 0. The maximum atomic E-state index is 13.1. The minimum Gasteiger partial charge on any atom is -0.392 e. The molecule has 3 N–H and O–H groups in total. The predicted octanol–water partition coefficient (Wildman–Crippen LogP) is 4.45. The number of allylic oxidation sites excluding steroid dienone is 1. The zero-order chi connectivity index (χ0) is 24.8. The molecule has 0 saturated carbocycles. The van der Waals surface area contributed by atoms with Crippen LogP contribution in [-0.4, -0.2) is 45.1 Å². The van der Waals surface area contributed by atoms with E-state index in [2.05, 4.69) is 22.5 Å². The number of aromatic nitrogens is 1. The Kier molecular flexibility index (Phi) is 10.0. The van der Waals surface area contributed by atoms with Crippen molar-refractivity contribution in [2.75, 3.05) is 0 Å².